The van der Waals surface area contributed by atoms with Crippen LogP contribution in [0.2, 0.25) is 0 Å². The third-order valence-corrected chi connectivity index (χ3v) is 3.20. The fraction of sp³-hybridized carbons (Fsp3) is 0. The van der Waals surface area contributed by atoms with Gasteiger partial charge in [0.1, 0.15) is 11.5 Å². The SMILES string of the molecule is Fc1ccccc1-c1cn2cc(I)ccc2n1. The summed E-state index contributed by atoms with van der Waals surface area (Å²) in [7, 11) is 0. The van der Waals surface area contributed by atoms with E-state index in [1.54, 1.807) is 12.1 Å². The van der Waals surface area contributed by atoms with Crippen LogP contribution in [-0.4, -0.2) is 9.38 Å². The van der Waals surface area contributed by atoms with Crippen molar-refractivity contribution in [2.75, 3.05) is 0 Å². The van der Waals surface area contributed by atoms with E-state index in [0.717, 1.165) is 9.22 Å². The lowest BCUT2D eigenvalue weighted by molar-refractivity contribution is 0.631. The van der Waals surface area contributed by atoms with Crippen molar-refractivity contribution in [1.82, 2.24) is 9.38 Å². The highest BCUT2D eigenvalue weighted by Crippen LogP contribution is 2.22. The first-order valence-corrected chi connectivity index (χ1v) is 6.21. The number of benzene rings is 1. The summed E-state index contributed by atoms with van der Waals surface area (Å²) in [6.07, 6.45) is 3.81. The molecule has 1 aromatic carbocycles. The van der Waals surface area contributed by atoms with Crippen LogP contribution in [0.1, 0.15) is 0 Å². The number of pyridine rings is 1. The number of fused-ring (bicyclic) bond motifs is 1. The number of rotatable bonds is 1. The summed E-state index contributed by atoms with van der Waals surface area (Å²) in [6.45, 7) is 0. The zero-order valence-corrected chi connectivity index (χ0v) is 10.9. The van der Waals surface area contributed by atoms with Gasteiger partial charge in [0.05, 0.1) is 5.69 Å². The summed E-state index contributed by atoms with van der Waals surface area (Å²) in [5.41, 5.74) is 2.01. The average molecular weight is 338 g/mol. The van der Waals surface area contributed by atoms with Crippen molar-refractivity contribution in [2.45, 2.75) is 0 Å². The summed E-state index contributed by atoms with van der Waals surface area (Å²) in [5.74, 6) is -0.245. The van der Waals surface area contributed by atoms with Gasteiger partial charge in [-0.3, -0.25) is 0 Å². The van der Waals surface area contributed by atoms with Gasteiger partial charge in [-0.1, -0.05) is 12.1 Å². The molecule has 2 heterocycles. The molecule has 0 aliphatic carbocycles. The Morgan fingerprint density at radius 3 is 2.71 bits per heavy atom. The van der Waals surface area contributed by atoms with Gasteiger partial charge in [-0.15, -0.1) is 0 Å². The Balaban J connectivity index is 2.22. The van der Waals surface area contributed by atoms with Crippen LogP contribution in [0, 0.1) is 9.39 Å². The summed E-state index contributed by atoms with van der Waals surface area (Å²) in [5, 5.41) is 0. The first kappa shape index (κ1) is 10.7. The molecule has 0 bridgehead atoms. The molecule has 4 heteroatoms. The molecule has 84 valence electrons. The molecule has 3 rings (SSSR count). The molecule has 0 saturated heterocycles. The molecular formula is C13H8FIN2. The number of nitrogens with zero attached hydrogens (tertiary/aromatic N) is 2. The highest BCUT2D eigenvalue weighted by molar-refractivity contribution is 14.1. The predicted octanol–water partition coefficient (Wildman–Crippen LogP) is 3.75. The Morgan fingerprint density at radius 1 is 1.06 bits per heavy atom. The molecule has 0 radical (unpaired) electrons. The minimum Gasteiger partial charge on any atom is -0.305 e. The summed E-state index contributed by atoms with van der Waals surface area (Å²) in [4.78, 5) is 4.40. The topological polar surface area (TPSA) is 17.3 Å². The molecule has 0 aliphatic rings. The quantitative estimate of drug-likeness (QED) is 0.618. The summed E-state index contributed by atoms with van der Waals surface area (Å²) in [6, 6.07) is 10.6. The van der Waals surface area contributed by atoms with E-state index >= 15 is 0 Å². The zero-order chi connectivity index (χ0) is 11.8. The van der Waals surface area contributed by atoms with Crippen molar-refractivity contribution in [2.24, 2.45) is 0 Å². The van der Waals surface area contributed by atoms with E-state index in [4.69, 9.17) is 0 Å². The minimum absolute atomic E-state index is 0.245. The van der Waals surface area contributed by atoms with Crippen molar-refractivity contribution in [3.63, 3.8) is 0 Å². The largest absolute Gasteiger partial charge is 0.305 e. The molecular weight excluding hydrogens is 330 g/mol. The molecule has 3 aromatic rings. The summed E-state index contributed by atoms with van der Waals surface area (Å²) >= 11 is 2.24. The molecule has 0 spiro atoms. The molecule has 0 atom stereocenters. The van der Waals surface area contributed by atoms with Crippen molar-refractivity contribution in [1.29, 1.82) is 0 Å². The predicted molar refractivity (Wildman–Crippen MR) is 73.3 cm³/mol. The van der Waals surface area contributed by atoms with Crippen molar-refractivity contribution in [3.05, 3.63) is 58.2 Å². The van der Waals surface area contributed by atoms with Crippen molar-refractivity contribution in [3.8, 4) is 11.3 Å². The van der Waals surface area contributed by atoms with Gasteiger partial charge in [-0.05, 0) is 46.9 Å². The molecule has 2 aromatic heterocycles. The van der Waals surface area contributed by atoms with Crippen LogP contribution in [0.4, 0.5) is 4.39 Å². The molecule has 0 unspecified atom stereocenters. The van der Waals surface area contributed by atoms with Gasteiger partial charge in [-0.2, -0.15) is 0 Å². The first-order chi connectivity index (χ1) is 8.24. The van der Waals surface area contributed by atoms with E-state index in [-0.39, 0.29) is 5.82 Å². The number of halogens is 2. The Kier molecular flexibility index (Phi) is 2.58. The van der Waals surface area contributed by atoms with E-state index < -0.39 is 0 Å². The second-order valence-corrected chi connectivity index (χ2v) is 4.96. The smallest absolute Gasteiger partial charge is 0.137 e. The third-order valence-electron chi connectivity index (χ3n) is 2.56. The highest BCUT2D eigenvalue weighted by atomic mass is 127. The maximum atomic E-state index is 13.6. The van der Waals surface area contributed by atoms with Crippen LogP contribution in [0.25, 0.3) is 16.9 Å². The van der Waals surface area contributed by atoms with E-state index in [9.17, 15) is 4.39 Å². The maximum absolute atomic E-state index is 13.6. The minimum atomic E-state index is -0.245. The van der Waals surface area contributed by atoms with E-state index in [1.165, 1.54) is 6.07 Å². The first-order valence-electron chi connectivity index (χ1n) is 5.13. The Bertz CT molecular complexity index is 691. The maximum Gasteiger partial charge on any atom is 0.137 e. The average Bonchev–Trinajstić information content (AvgIpc) is 2.72. The van der Waals surface area contributed by atoms with E-state index in [1.807, 2.05) is 35.0 Å². The van der Waals surface area contributed by atoms with Gasteiger partial charge in [0, 0.05) is 21.5 Å². The number of hydrogen-bond acceptors (Lipinski definition) is 1. The Hall–Kier alpha value is -1.43. The number of aromatic nitrogens is 2. The standard InChI is InChI=1S/C13H8FIN2/c14-11-4-2-1-3-10(11)12-8-17-7-9(15)5-6-13(17)16-12/h1-8H. The lowest BCUT2D eigenvalue weighted by Crippen LogP contribution is -1.82. The second kappa shape index (κ2) is 4.10. The van der Waals surface area contributed by atoms with E-state index in [0.29, 0.717) is 11.3 Å². The van der Waals surface area contributed by atoms with Crippen LogP contribution >= 0.6 is 22.6 Å². The van der Waals surface area contributed by atoms with Gasteiger partial charge in [-0.25, -0.2) is 9.37 Å². The number of hydrogen-bond donors (Lipinski definition) is 0. The van der Waals surface area contributed by atoms with Gasteiger partial charge in [0.25, 0.3) is 0 Å². The van der Waals surface area contributed by atoms with Crippen LogP contribution in [-0.2, 0) is 0 Å². The zero-order valence-electron chi connectivity index (χ0n) is 8.77. The number of imidazole rings is 1. The normalized spacial score (nSPS) is 10.9. The molecule has 0 amide bonds. The van der Waals surface area contributed by atoms with Crippen molar-refractivity contribution >= 4 is 28.2 Å². The van der Waals surface area contributed by atoms with Gasteiger partial charge >= 0.3 is 0 Å². The van der Waals surface area contributed by atoms with Crippen molar-refractivity contribution < 1.29 is 4.39 Å². The molecule has 0 fully saturated rings. The van der Waals surface area contributed by atoms with Crippen LogP contribution in [0.5, 0.6) is 0 Å². The molecule has 0 saturated carbocycles. The lowest BCUT2D eigenvalue weighted by Gasteiger charge is -1.96. The van der Waals surface area contributed by atoms with Crippen LogP contribution in [0.15, 0.2) is 48.8 Å². The molecule has 17 heavy (non-hydrogen) atoms. The second-order valence-electron chi connectivity index (χ2n) is 3.72. The lowest BCUT2D eigenvalue weighted by atomic mass is 10.1. The highest BCUT2D eigenvalue weighted by Gasteiger charge is 2.08. The van der Waals surface area contributed by atoms with Gasteiger partial charge in [0.15, 0.2) is 0 Å². The van der Waals surface area contributed by atoms with E-state index in [2.05, 4.69) is 27.6 Å². The fourth-order valence-electron chi connectivity index (χ4n) is 1.76. The Morgan fingerprint density at radius 2 is 1.88 bits per heavy atom. The van der Waals surface area contributed by atoms with Crippen LogP contribution in [0.3, 0.4) is 0 Å². The third kappa shape index (κ3) is 1.93. The molecule has 0 N–H and O–H groups in total. The van der Waals surface area contributed by atoms with Crippen LogP contribution < -0.4 is 0 Å². The molecule has 0 aliphatic heterocycles. The monoisotopic (exact) mass is 338 g/mol. The van der Waals surface area contributed by atoms with Gasteiger partial charge in [0.2, 0.25) is 0 Å². The fourth-order valence-corrected chi connectivity index (χ4v) is 2.24. The Labute approximate surface area is 111 Å². The summed E-state index contributed by atoms with van der Waals surface area (Å²) < 4.78 is 16.7. The van der Waals surface area contributed by atoms with Gasteiger partial charge < -0.3 is 4.40 Å². The molecule has 2 nitrogen and oxygen atoms in total.